The molecule has 0 aliphatic carbocycles. The zero-order valence-electron chi connectivity index (χ0n) is 21.6. The molecule has 0 spiro atoms. The van der Waals surface area contributed by atoms with Crippen molar-refractivity contribution >= 4 is 68.2 Å². The van der Waals surface area contributed by atoms with Crippen molar-refractivity contribution in [1.82, 2.24) is 14.9 Å². The Morgan fingerprint density at radius 3 is 2.30 bits per heavy atom. The number of carboxylic acid groups (broad SMARTS) is 1. The number of urea groups is 1. The van der Waals surface area contributed by atoms with Crippen molar-refractivity contribution in [3.05, 3.63) is 74.4 Å². The van der Waals surface area contributed by atoms with Gasteiger partial charge in [0, 0.05) is 32.7 Å². The van der Waals surface area contributed by atoms with Crippen LogP contribution in [0.25, 0.3) is 0 Å². The maximum absolute atomic E-state index is 13.4. The topological polar surface area (TPSA) is 145 Å². The highest BCUT2D eigenvalue weighted by Crippen LogP contribution is 2.37. The monoisotopic (exact) mass is 628 g/mol. The summed E-state index contributed by atoms with van der Waals surface area (Å²) in [5.74, 6) is -1.41. The van der Waals surface area contributed by atoms with Crippen LogP contribution in [0.5, 0.6) is 5.75 Å². The van der Waals surface area contributed by atoms with Crippen LogP contribution in [0, 0.1) is 0 Å². The second kappa shape index (κ2) is 13.3. The smallest absolute Gasteiger partial charge is 0.346 e. The summed E-state index contributed by atoms with van der Waals surface area (Å²) in [5.41, 5.74) is 0.879. The number of thiophene rings is 1. The minimum Gasteiger partial charge on any atom is -0.478 e. The van der Waals surface area contributed by atoms with E-state index < -0.39 is 28.0 Å². The lowest BCUT2D eigenvalue weighted by atomic mass is 10.1. The van der Waals surface area contributed by atoms with E-state index in [1.807, 2.05) is 0 Å². The zero-order valence-corrected chi connectivity index (χ0v) is 24.7. The Kier molecular flexibility index (Phi) is 10.4. The van der Waals surface area contributed by atoms with E-state index in [1.165, 1.54) is 36.2 Å². The van der Waals surface area contributed by atoms with Gasteiger partial charge >= 0.3 is 12.0 Å². The Morgan fingerprint density at radius 2 is 1.73 bits per heavy atom. The number of hydrogen-bond acceptors (Lipinski definition) is 7. The first-order valence-corrected chi connectivity index (χ1v) is 14.7. The van der Waals surface area contributed by atoms with Crippen LogP contribution >= 0.6 is 34.5 Å². The van der Waals surface area contributed by atoms with Crippen molar-refractivity contribution in [2.75, 3.05) is 32.6 Å². The molecule has 1 aliphatic rings. The quantitative estimate of drug-likeness (QED) is 0.375. The third kappa shape index (κ3) is 7.04. The van der Waals surface area contributed by atoms with E-state index >= 15 is 0 Å². The number of anilines is 1. The number of ether oxygens (including phenoxy) is 1. The number of benzene rings is 2. The predicted octanol–water partition coefficient (Wildman–Crippen LogP) is 3.91. The SMILES string of the molecule is CN(Cc1csc(C(=O)N2CC(C(=O)O)Oc3ccccc32)c1Cl)S(=O)(=O)c1ccc(Cl)cc1.CNC(=O)NC. The van der Waals surface area contributed by atoms with E-state index in [1.54, 1.807) is 43.7 Å². The van der Waals surface area contributed by atoms with Crippen LogP contribution in [0.15, 0.2) is 58.8 Å². The molecule has 1 atom stereocenters. The number of aliphatic carboxylic acids is 1. The number of carbonyl (C=O) groups is 3. The van der Waals surface area contributed by atoms with Gasteiger partial charge in [0.15, 0.2) is 0 Å². The third-order valence-corrected chi connectivity index (χ3v) is 9.29. The molecule has 40 heavy (non-hydrogen) atoms. The molecular formula is C25H26Cl2N4O7S2. The van der Waals surface area contributed by atoms with Crippen LogP contribution in [-0.4, -0.2) is 69.5 Å². The van der Waals surface area contributed by atoms with Gasteiger partial charge in [0.2, 0.25) is 16.1 Å². The van der Waals surface area contributed by atoms with Crippen molar-refractivity contribution < 1.29 is 32.6 Å². The third-order valence-electron chi connectivity index (χ3n) is 5.66. The minimum atomic E-state index is -3.82. The maximum Gasteiger partial charge on any atom is 0.346 e. The maximum atomic E-state index is 13.4. The van der Waals surface area contributed by atoms with Gasteiger partial charge in [0.25, 0.3) is 5.91 Å². The molecule has 15 heteroatoms. The molecule has 3 amide bonds. The fourth-order valence-electron chi connectivity index (χ4n) is 3.54. The number of nitrogens with zero attached hydrogens (tertiary/aromatic N) is 2. The summed E-state index contributed by atoms with van der Waals surface area (Å²) < 4.78 is 32.4. The molecule has 1 unspecified atom stereocenters. The Bertz CT molecular complexity index is 1490. The van der Waals surface area contributed by atoms with Gasteiger partial charge in [-0.1, -0.05) is 35.3 Å². The molecule has 0 bridgehead atoms. The average molecular weight is 630 g/mol. The Morgan fingerprint density at radius 1 is 1.10 bits per heavy atom. The van der Waals surface area contributed by atoms with Crippen LogP contribution in [0.2, 0.25) is 10.0 Å². The van der Waals surface area contributed by atoms with Crippen LogP contribution in [0.3, 0.4) is 0 Å². The van der Waals surface area contributed by atoms with Crippen molar-refractivity contribution in [1.29, 1.82) is 0 Å². The van der Waals surface area contributed by atoms with Gasteiger partial charge in [-0.25, -0.2) is 18.0 Å². The number of carbonyl (C=O) groups excluding carboxylic acids is 2. The fraction of sp³-hybridized carbons (Fsp3) is 0.240. The van der Waals surface area contributed by atoms with E-state index in [-0.39, 0.29) is 39.7 Å². The molecule has 3 N–H and O–H groups in total. The van der Waals surface area contributed by atoms with Gasteiger partial charge in [-0.3, -0.25) is 9.69 Å². The first-order valence-electron chi connectivity index (χ1n) is 11.6. The second-order valence-corrected chi connectivity index (χ2v) is 12.0. The van der Waals surface area contributed by atoms with Crippen molar-refractivity contribution in [3.63, 3.8) is 0 Å². The van der Waals surface area contributed by atoms with E-state index in [9.17, 15) is 27.9 Å². The van der Waals surface area contributed by atoms with E-state index in [2.05, 4.69) is 10.6 Å². The van der Waals surface area contributed by atoms with Crippen LogP contribution < -0.4 is 20.3 Å². The molecule has 0 radical (unpaired) electrons. The molecular weight excluding hydrogens is 603 g/mol. The highest BCUT2D eigenvalue weighted by atomic mass is 35.5. The summed E-state index contributed by atoms with van der Waals surface area (Å²) >= 11 is 13.4. The number of fused-ring (bicyclic) bond motifs is 1. The second-order valence-electron chi connectivity index (χ2n) is 8.28. The molecule has 0 saturated heterocycles. The standard InChI is InChI=1S/C22H18Cl2N2O6S2.C3H8N2O/c1-25(34(30,31)15-8-6-14(23)7-9-15)10-13-12-33-20(19(13)24)21(27)26-11-18(22(28)29)32-17-5-3-2-4-16(17)26;1-4-3(6)5-2/h2-9,12,18H,10-11H2,1H3,(H,28,29);1-2H3,(H2,4,5,6). The summed E-state index contributed by atoms with van der Waals surface area (Å²) in [4.78, 5) is 36.4. The van der Waals surface area contributed by atoms with Gasteiger partial charge < -0.3 is 20.5 Å². The number of rotatable bonds is 6. The van der Waals surface area contributed by atoms with Crippen molar-refractivity contribution in [3.8, 4) is 5.75 Å². The summed E-state index contributed by atoms with van der Waals surface area (Å²) in [6.45, 7) is -0.259. The number of nitrogens with one attached hydrogen (secondary N) is 2. The van der Waals surface area contributed by atoms with Crippen LogP contribution in [0.1, 0.15) is 15.2 Å². The number of para-hydroxylation sites is 2. The molecule has 3 aromatic rings. The molecule has 1 aliphatic heterocycles. The van der Waals surface area contributed by atoms with E-state index in [0.29, 0.717) is 16.3 Å². The normalized spacial score (nSPS) is 14.3. The molecule has 0 saturated carbocycles. The summed E-state index contributed by atoms with van der Waals surface area (Å²) in [5, 5.41) is 16.3. The summed E-state index contributed by atoms with van der Waals surface area (Å²) in [6.07, 6.45) is -1.23. The Labute approximate surface area is 245 Å². The Balaban J connectivity index is 0.000000663. The minimum absolute atomic E-state index is 0.0645. The van der Waals surface area contributed by atoms with Gasteiger partial charge in [0.1, 0.15) is 10.6 Å². The molecule has 1 aromatic heterocycles. The first kappa shape index (κ1) is 31.2. The molecule has 0 fully saturated rings. The van der Waals surface area contributed by atoms with Crippen molar-refractivity contribution in [2.24, 2.45) is 0 Å². The van der Waals surface area contributed by atoms with Gasteiger partial charge in [-0.05, 0) is 47.3 Å². The van der Waals surface area contributed by atoms with Crippen LogP contribution in [-0.2, 0) is 21.4 Å². The van der Waals surface area contributed by atoms with Crippen molar-refractivity contribution in [2.45, 2.75) is 17.5 Å². The van der Waals surface area contributed by atoms with Gasteiger partial charge in [-0.15, -0.1) is 11.3 Å². The summed E-state index contributed by atoms with van der Waals surface area (Å²) in [6, 6.07) is 12.3. The van der Waals surface area contributed by atoms with Crippen LogP contribution in [0.4, 0.5) is 10.5 Å². The molecule has 214 valence electrons. The van der Waals surface area contributed by atoms with E-state index in [4.69, 9.17) is 27.9 Å². The first-order chi connectivity index (χ1) is 18.9. The molecule has 2 aromatic carbocycles. The average Bonchev–Trinajstić information content (AvgIpc) is 3.31. The predicted molar refractivity (Wildman–Crippen MR) is 153 cm³/mol. The summed E-state index contributed by atoms with van der Waals surface area (Å²) in [7, 11) is 0.733. The largest absolute Gasteiger partial charge is 0.478 e. The number of halogens is 2. The Hall–Kier alpha value is -3.36. The highest BCUT2D eigenvalue weighted by molar-refractivity contribution is 7.89. The molecule has 2 heterocycles. The van der Waals surface area contributed by atoms with Gasteiger partial charge in [-0.2, -0.15) is 4.31 Å². The molecule has 4 rings (SSSR count). The lowest BCUT2D eigenvalue weighted by Crippen LogP contribution is -2.47. The number of hydrogen-bond donors (Lipinski definition) is 3. The number of carboxylic acids is 1. The number of amides is 3. The molecule has 11 nitrogen and oxygen atoms in total. The fourth-order valence-corrected chi connectivity index (χ4v) is 6.11. The number of sulfonamides is 1. The highest BCUT2D eigenvalue weighted by Gasteiger charge is 2.35. The van der Waals surface area contributed by atoms with E-state index in [0.717, 1.165) is 15.6 Å². The van der Waals surface area contributed by atoms with Gasteiger partial charge in [0.05, 0.1) is 22.2 Å². The lowest BCUT2D eigenvalue weighted by Gasteiger charge is -2.32. The lowest BCUT2D eigenvalue weighted by molar-refractivity contribution is -0.144. The zero-order chi connectivity index (χ0) is 29.6.